The Hall–Kier alpha value is -1.79. The van der Waals surface area contributed by atoms with Gasteiger partial charge in [-0.3, -0.25) is 4.90 Å². The van der Waals surface area contributed by atoms with Gasteiger partial charge in [-0.05, 0) is 11.6 Å². The van der Waals surface area contributed by atoms with Crippen molar-refractivity contribution >= 4 is 11.6 Å². The first-order chi connectivity index (χ1) is 12.7. The van der Waals surface area contributed by atoms with Crippen LogP contribution in [0.5, 0.6) is 11.5 Å². The van der Waals surface area contributed by atoms with E-state index in [1.807, 2.05) is 24.3 Å². The average molecular weight is 378 g/mol. The highest BCUT2D eigenvalue weighted by Crippen LogP contribution is 2.38. The number of halogens is 1. The molecule has 0 amide bonds. The van der Waals surface area contributed by atoms with Gasteiger partial charge in [-0.1, -0.05) is 41.9 Å². The van der Waals surface area contributed by atoms with Gasteiger partial charge in [0.15, 0.2) is 11.5 Å². The molecule has 0 saturated carbocycles. The predicted molar refractivity (Wildman–Crippen MR) is 101 cm³/mol. The van der Waals surface area contributed by atoms with E-state index in [1.54, 1.807) is 20.3 Å². The van der Waals surface area contributed by atoms with E-state index in [9.17, 15) is 5.11 Å². The number of nitrogens with zero attached hydrogens (tertiary/aromatic N) is 1. The number of methoxy groups -OCH3 is 2. The summed E-state index contributed by atoms with van der Waals surface area (Å²) in [7, 11) is 3.22. The third-order valence-electron chi connectivity index (χ3n) is 4.67. The van der Waals surface area contributed by atoms with Crippen LogP contribution in [-0.2, 0) is 11.3 Å². The van der Waals surface area contributed by atoms with Crippen LogP contribution in [0, 0.1) is 0 Å². The summed E-state index contributed by atoms with van der Waals surface area (Å²) in [5, 5.41) is 10.4. The molecule has 1 aliphatic heterocycles. The van der Waals surface area contributed by atoms with Crippen LogP contribution in [-0.4, -0.2) is 50.1 Å². The highest BCUT2D eigenvalue weighted by Gasteiger charge is 2.33. The Kier molecular flexibility index (Phi) is 6.38. The Morgan fingerprint density at radius 1 is 1.19 bits per heavy atom. The number of aliphatic hydroxyl groups is 1. The first kappa shape index (κ1) is 19.0. The fourth-order valence-corrected chi connectivity index (χ4v) is 3.77. The standard InChI is InChI=1S/C20H24ClNO4/c1-24-17-11-16(21)10-15(20(17)25-2)12-22-8-9-26-18(13-23)19(22)14-6-4-3-5-7-14/h3-7,10-11,18-19,23H,8-9,12-13H2,1-2H3/t18-,19-/m1/s1. The van der Waals surface area contributed by atoms with Crippen molar-refractivity contribution < 1.29 is 19.3 Å². The number of hydrogen-bond acceptors (Lipinski definition) is 5. The van der Waals surface area contributed by atoms with Gasteiger partial charge in [0.2, 0.25) is 0 Å². The first-order valence-electron chi connectivity index (χ1n) is 8.59. The third kappa shape index (κ3) is 3.96. The number of morpholine rings is 1. The second-order valence-corrected chi connectivity index (χ2v) is 6.65. The molecule has 26 heavy (non-hydrogen) atoms. The van der Waals surface area contributed by atoms with Gasteiger partial charge >= 0.3 is 0 Å². The molecule has 0 bridgehead atoms. The van der Waals surface area contributed by atoms with Crippen molar-refractivity contribution in [3.05, 3.63) is 58.6 Å². The molecule has 3 rings (SSSR count). The fraction of sp³-hybridized carbons (Fsp3) is 0.400. The van der Waals surface area contributed by atoms with E-state index in [0.29, 0.717) is 29.7 Å². The minimum absolute atomic E-state index is 0.0357. The molecule has 5 nitrogen and oxygen atoms in total. The van der Waals surface area contributed by atoms with E-state index in [4.69, 9.17) is 25.8 Å². The van der Waals surface area contributed by atoms with Gasteiger partial charge in [-0.15, -0.1) is 0 Å². The molecule has 6 heteroatoms. The third-order valence-corrected chi connectivity index (χ3v) is 4.89. The highest BCUT2D eigenvalue weighted by molar-refractivity contribution is 6.30. The van der Waals surface area contributed by atoms with Crippen LogP contribution in [0.1, 0.15) is 17.2 Å². The van der Waals surface area contributed by atoms with Crippen molar-refractivity contribution in [3.8, 4) is 11.5 Å². The maximum absolute atomic E-state index is 9.82. The van der Waals surface area contributed by atoms with E-state index in [0.717, 1.165) is 17.7 Å². The number of aliphatic hydroxyl groups excluding tert-OH is 1. The lowest BCUT2D eigenvalue weighted by atomic mass is 9.97. The highest BCUT2D eigenvalue weighted by atomic mass is 35.5. The number of benzene rings is 2. The smallest absolute Gasteiger partial charge is 0.165 e. The summed E-state index contributed by atoms with van der Waals surface area (Å²) in [6.45, 7) is 1.88. The Morgan fingerprint density at radius 2 is 1.96 bits per heavy atom. The lowest BCUT2D eigenvalue weighted by molar-refractivity contribution is -0.0961. The Bertz CT molecular complexity index is 725. The van der Waals surface area contributed by atoms with E-state index in [1.165, 1.54) is 0 Å². The number of ether oxygens (including phenoxy) is 3. The van der Waals surface area contributed by atoms with Crippen LogP contribution in [0.25, 0.3) is 0 Å². The zero-order valence-corrected chi connectivity index (χ0v) is 15.8. The van der Waals surface area contributed by atoms with Crippen LogP contribution < -0.4 is 9.47 Å². The SMILES string of the molecule is COc1cc(Cl)cc(CN2CCO[C@H](CO)[C@H]2c2ccccc2)c1OC. The Morgan fingerprint density at radius 3 is 2.62 bits per heavy atom. The second kappa shape index (κ2) is 8.73. The normalized spacial score (nSPS) is 20.8. The van der Waals surface area contributed by atoms with Crippen LogP contribution in [0.15, 0.2) is 42.5 Å². The van der Waals surface area contributed by atoms with Crippen LogP contribution in [0.4, 0.5) is 0 Å². The summed E-state index contributed by atoms with van der Waals surface area (Å²) >= 11 is 6.27. The van der Waals surface area contributed by atoms with Crippen molar-refractivity contribution in [2.45, 2.75) is 18.7 Å². The van der Waals surface area contributed by atoms with Crippen LogP contribution in [0.3, 0.4) is 0 Å². The van der Waals surface area contributed by atoms with E-state index >= 15 is 0 Å². The molecule has 2 atom stereocenters. The van der Waals surface area contributed by atoms with Gasteiger partial charge < -0.3 is 19.3 Å². The van der Waals surface area contributed by atoms with Crippen LogP contribution >= 0.6 is 11.6 Å². The molecule has 1 saturated heterocycles. The fourth-order valence-electron chi connectivity index (χ4n) is 3.53. The van der Waals surface area contributed by atoms with E-state index in [-0.39, 0.29) is 18.8 Å². The molecule has 1 heterocycles. The van der Waals surface area contributed by atoms with Crippen molar-refractivity contribution in [2.24, 2.45) is 0 Å². The average Bonchev–Trinajstić information content (AvgIpc) is 2.68. The minimum Gasteiger partial charge on any atom is -0.493 e. The molecule has 2 aromatic rings. The molecule has 0 unspecified atom stereocenters. The lowest BCUT2D eigenvalue weighted by Crippen LogP contribution is -2.46. The molecule has 0 aromatic heterocycles. The molecule has 1 fully saturated rings. The monoisotopic (exact) mass is 377 g/mol. The van der Waals surface area contributed by atoms with Crippen LogP contribution in [0.2, 0.25) is 5.02 Å². The molecule has 1 N–H and O–H groups in total. The first-order valence-corrected chi connectivity index (χ1v) is 8.97. The molecule has 2 aromatic carbocycles. The summed E-state index contributed by atoms with van der Waals surface area (Å²) in [5.41, 5.74) is 2.05. The van der Waals surface area contributed by atoms with Crippen molar-refractivity contribution in [1.82, 2.24) is 4.90 Å². The van der Waals surface area contributed by atoms with Crippen molar-refractivity contribution in [3.63, 3.8) is 0 Å². The maximum atomic E-state index is 9.82. The van der Waals surface area contributed by atoms with Gasteiger partial charge in [0.1, 0.15) is 6.10 Å². The van der Waals surface area contributed by atoms with E-state index in [2.05, 4.69) is 17.0 Å². The summed E-state index contributed by atoms with van der Waals surface area (Å²) in [6.07, 6.45) is -0.279. The predicted octanol–water partition coefficient (Wildman–Crippen LogP) is 3.29. The molecule has 1 aliphatic rings. The largest absolute Gasteiger partial charge is 0.493 e. The Labute approximate surface area is 159 Å². The molecular formula is C20H24ClNO4. The van der Waals surface area contributed by atoms with Gasteiger partial charge in [0.25, 0.3) is 0 Å². The van der Waals surface area contributed by atoms with Gasteiger partial charge in [-0.25, -0.2) is 0 Å². The van der Waals surface area contributed by atoms with Crippen molar-refractivity contribution in [2.75, 3.05) is 34.0 Å². The van der Waals surface area contributed by atoms with Gasteiger partial charge in [0, 0.05) is 29.7 Å². The topological polar surface area (TPSA) is 51.2 Å². The molecule has 0 radical (unpaired) electrons. The number of hydrogen-bond donors (Lipinski definition) is 1. The summed E-state index contributed by atoms with van der Waals surface area (Å²) < 4.78 is 16.8. The Balaban J connectivity index is 1.95. The molecule has 0 spiro atoms. The van der Waals surface area contributed by atoms with E-state index < -0.39 is 0 Å². The zero-order valence-electron chi connectivity index (χ0n) is 15.0. The summed E-state index contributed by atoms with van der Waals surface area (Å²) in [4.78, 5) is 2.29. The quantitative estimate of drug-likeness (QED) is 0.837. The summed E-state index contributed by atoms with van der Waals surface area (Å²) in [6, 6.07) is 13.7. The summed E-state index contributed by atoms with van der Waals surface area (Å²) in [5.74, 6) is 1.29. The molecular weight excluding hydrogens is 354 g/mol. The number of rotatable bonds is 6. The maximum Gasteiger partial charge on any atom is 0.165 e. The second-order valence-electron chi connectivity index (χ2n) is 6.22. The van der Waals surface area contributed by atoms with Crippen molar-refractivity contribution in [1.29, 1.82) is 0 Å². The van der Waals surface area contributed by atoms with Gasteiger partial charge in [-0.2, -0.15) is 0 Å². The lowest BCUT2D eigenvalue weighted by Gasteiger charge is -2.41. The zero-order chi connectivity index (χ0) is 18.5. The molecule has 0 aliphatic carbocycles. The minimum atomic E-state index is -0.279. The van der Waals surface area contributed by atoms with Gasteiger partial charge in [0.05, 0.1) is 33.5 Å². The molecule has 140 valence electrons.